The van der Waals surface area contributed by atoms with Gasteiger partial charge in [0.2, 0.25) is 0 Å². The number of benzene rings is 2. The van der Waals surface area contributed by atoms with E-state index >= 15 is 0 Å². The highest BCUT2D eigenvalue weighted by Crippen LogP contribution is 2.49. The van der Waals surface area contributed by atoms with E-state index in [2.05, 4.69) is 34.1 Å². The summed E-state index contributed by atoms with van der Waals surface area (Å²) in [5, 5.41) is 12.6. The van der Waals surface area contributed by atoms with E-state index < -0.39 is 0 Å². The van der Waals surface area contributed by atoms with E-state index in [4.69, 9.17) is 4.74 Å². The molecule has 3 atom stereocenters. The second-order valence-corrected chi connectivity index (χ2v) is 7.22. The van der Waals surface area contributed by atoms with Crippen LogP contribution in [0.15, 0.2) is 28.7 Å². The Labute approximate surface area is 133 Å². The normalized spacial score (nSPS) is 27.5. The van der Waals surface area contributed by atoms with E-state index in [-0.39, 0.29) is 6.10 Å². The van der Waals surface area contributed by atoms with E-state index in [1.165, 1.54) is 28.3 Å². The largest absolute Gasteiger partial charge is 0.497 e. The van der Waals surface area contributed by atoms with Crippen LogP contribution in [0, 0.1) is 5.92 Å². The van der Waals surface area contributed by atoms with Gasteiger partial charge in [0.1, 0.15) is 5.75 Å². The highest BCUT2D eigenvalue weighted by Gasteiger charge is 2.38. The molecule has 2 aromatic carbocycles. The summed E-state index contributed by atoms with van der Waals surface area (Å²) < 4.78 is 6.56. The average Bonchev–Trinajstić information content (AvgIpc) is 2.87. The molecule has 1 N–H and O–H groups in total. The molecule has 110 valence electrons. The number of aliphatic hydroxyl groups excluding tert-OH is 1. The molecule has 0 amide bonds. The first-order valence-corrected chi connectivity index (χ1v) is 8.43. The number of aryl methyl sites for hydroxylation is 1. The minimum atomic E-state index is -0.120. The van der Waals surface area contributed by atoms with Crippen molar-refractivity contribution in [1.82, 2.24) is 0 Å². The van der Waals surface area contributed by atoms with Gasteiger partial charge in [-0.1, -0.05) is 15.9 Å². The lowest BCUT2D eigenvalue weighted by molar-refractivity contribution is 0.176. The maximum absolute atomic E-state index is 10.0. The Balaban J connectivity index is 1.94. The number of hydrogen-bond acceptors (Lipinski definition) is 2. The van der Waals surface area contributed by atoms with Crippen molar-refractivity contribution in [3.63, 3.8) is 0 Å². The third kappa shape index (κ3) is 2.09. The van der Waals surface area contributed by atoms with Gasteiger partial charge < -0.3 is 9.84 Å². The van der Waals surface area contributed by atoms with E-state index in [0.29, 0.717) is 11.8 Å². The van der Waals surface area contributed by atoms with Gasteiger partial charge in [0.25, 0.3) is 0 Å². The maximum Gasteiger partial charge on any atom is 0.119 e. The molecule has 2 aromatic rings. The van der Waals surface area contributed by atoms with Gasteiger partial charge in [-0.3, -0.25) is 0 Å². The van der Waals surface area contributed by atoms with E-state index in [0.717, 1.165) is 29.5 Å². The first kappa shape index (κ1) is 13.6. The second-order valence-electron chi connectivity index (χ2n) is 6.37. The number of ether oxygens (including phenoxy) is 1. The summed E-state index contributed by atoms with van der Waals surface area (Å²) in [4.78, 5) is 0. The van der Waals surface area contributed by atoms with Gasteiger partial charge in [-0.15, -0.1) is 0 Å². The summed E-state index contributed by atoms with van der Waals surface area (Å²) in [6.07, 6.45) is 4.08. The molecule has 0 spiro atoms. The minimum absolute atomic E-state index is 0.120. The lowest BCUT2D eigenvalue weighted by Gasteiger charge is -2.29. The highest BCUT2D eigenvalue weighted by atomic mass is 79.9. The van der Waals surface area contributed by atoms with Crippen LogP contribution in [0.5, 0.6) is 5.75 Å². The first-order chi connectivity index (χ1) is 10.2. The van der Waals surface area contributed by atoms with Crippen LogP contribution in [-0.4, -0.2) is 18.3 Å². The van der Waals surface area contributed by atoms with E-state index in [1.54, 1.807) is 7.11 Å². The number of methoxy groups -OCH3 is 1. The molecule has 0 saturated heterocycles. The number of rotatable bonds is 1. The number of fused-ring (bicyclic) bond motifs is 5. The molecular formula is C18H19BrO2. The van der Waals surface area contributed by atoms with Gasteiger partial charge >= 0.3 is 0 Å². The molecule has 2 aliphatic carbocycles. The van der Waals surface area contributed by atoms with Crippen LogP contribution in [0.2, 0.25) is 0 Å². The summed E-state index contributed by atoms with van der Waals surface area (Å²) in [5.74, 6) is 2.09. The van der Waals surface area contributed by atoms with Crippen molar-refractivity contribution in [2.45, 2.75) is 37.7 Å². The summed E-state index contributed by atoms with van der Waals surface area (Å²) in [5.41, 5.74) is 2.90. The van der Waals surface area contributed by atoms with Crippen LogP contribution in [0.1, 0.15) is 36.3 Å². The number of hydrogen-bond donors (Lipinski definition) is 1. The number of halogens is 1. The summed E-state index contributed by atoms with van der Waals surface area (Å²) >= 11 is 3.73. The molecular weight excluding hydrogens is 328 g/mol. The Morgan fingerprint density at radius 3 is 2.86 bits per heavy atom. The second kappa shape index (κ2) is 4.99. The van der Waals surface area contributed by atoms with E-state index in [1.807, 2.05) is 6.07 Å². The molecule has 4 rings (SSSR count). The summed E-state index contributed by atoms with van der Waals surface area (Å²) in [6.45, 7) is 0. The van der Waals surface area contributed by atoms with Crippen molar-refractivity contribution in [1.29, 1.82) is 0 Å². The van der Waals surface area contributed by atoms with Gasteiger partial charge in [0, 0.05) is 4.47 Å². The van der Waals surface area contributed by atoms with Gasteiger partial charge in [-0.2, -0.15) is 0 Å². The Bertz CT molecular complexity index is 710. The predicted molar refractivity (Wildman–Crippen MR) is 88.0 cm³/mol. The molecule has 21 heavy (non-hydrogen) atoms. The van der Waals surface area contributed by atoms with Crippen LogP contribution in [0.3, 0.4) is 0 Å². The predicted octanol–water partition coefficient (Wildman–Crippen LogP) is 4.41. The molecule has 0 heterocycles. The Hall–Kier alpha value is -1.06. The monoisotopic (exact) mass is 346 g/mol. The van der Waals surface area contributed by atoms with Crippen LogP contribution in [0.25, 0.3) is 10.8 Å². The molecule has 0 radical (unpaired) electrons. The lowest BCUT2D eigenvalue weighted by atomic mass is 9.75. The Morgan fingerprint density at radius 1 is 1.19 bits per heavy atom. The topological polar surface area (TPSA) is 29.5 Å². The van der Waals surface area contributed by atoms with Crippen molar-refractivity contribution in [3.8, 4) is 5.75 Å². The zero-order valence-electron chi connectivity index (χ0n) is 12.1. The zero-order chi connectivity index (χ0) is 14.6. The van der Waals surface area contributed by atoms with E-state index in [9.17, 15) is 5.11 Å². The van der Waals surface area contributed by atoms with Gasteiger partial charge in [0.15, 0.2) is 0 Å². The van der Waals surface area contributed by atoms with Crippen LogP contribution in [-0.2, 0) is 6.42 Å². The summed E-state index contributed by atoms with van der Waals surface area (Å²) in [7, 11) is 1.72. The molecule has 0 aliphatic heterocycles. The van der Waals surface area contributed by atoms with Crippen LogP contribution in [0.4, 0.5) is 0 Å². The maximum atomic E-state index is 10.0. The Kier molecular flexibility index (Phi) is 3.23. The fourth-order valence-corrected chi connectivity index (χ4v) is 4.89. The van der Waals surface area contributed by atoms with Gasteiger partial charge in [-0.05, 0) is 83.7 Å². The molecule has 1 fully saturated rings. The smallest absolute Gasteiger partial charge is 0.119 e. The third-order valence-corrected chi connectivity index (χ3v) is 5.93. The lowest BCUT2D eigenvalue weighted by Crippen LogP contribution is -2.16. The first-order valence-electron chi connectivity index (χ1n) is 7.64. The van der Waals surface area contributed by atoms with Crippen molar-refractivity contribution >= 4 is 26.7 Å². The van der Waals surface area contributed by atoms with Crippen molar-refractivity contribution in [2.24, 2.45) is 5.92 Å². The molecule has 3 heteroatoms. The standard InChI is InChI=1S/C18H19BrO2/c1-21-12-3-5-14-16(8-12)13-4-2-10-6-11(20)7-15(10)17(13)9-18(14)19/h3,5,8-11,15,20H,2,4,6-7H2,1H3/t10?,11-,15+/m1/s1. The van der Waals surface area contributed by atoms with Crippen molar-refractivity contribution in [2.75, 3.05) is 7.11 Å². The SMILES string of the molecule is COc1ccc2c(Br)cc3c(c2c1)CCC1C[C@@H](O)C[C@H]31. The fourth-order valence-electron chi connectivity index (χ4n) is 4.30. The molecule has 2 aliphatic rings. The van der Waals surface area contributed by atoms with Gasteiger partial charge in [0.05, 0.1) is 13.2 Å². The molecule has 1 unspecified atom stereocenters. The van der Waals surface area contributed by atoms with Crippen molar-refractivity contribution in [3.05, 3.63) is 39.9 Å². The molecule has 1 saturated carbocycles. The summed E-state index contributed by atoms with van der Waals surface area (Å²) in [6, 6.07) is 8.60. The molecule has 0 aromatic heterocycles. The van der Waals surface area contributed by atoms with Crippen molar-refractivity contribution < 1.29 is 9.84 Å². The van der Waals surface area contributed by atoms with Crippen LogP contribution >= 0.6 is 15.9 Å². The van der Waals surface area contributed by atoms with Crippen LogP contribution < -0.4 is 4.74 Å². The average molecular weight is 347 g/mol. The molecule has 0 bridgehead atoms. The highest BCUT2D eigenvalue weighted by molar-refractivity contribution is 9.10. The number of aliphatic hydroxyl groups is 1. The fraction of sp³-hybridized carbons (Fsp3) is 0.444. The quantitative estimate of drug-likeness (QED) is 0.828. The minimum Gasteiger partial charge on any atom is -0.497 e. The zero-order valence-corrected chi connectivity index (χ0v) is 13.7. The van der Waals surface area contributed by atoms with Gasteiger partial charge in [-0.25, -0.2) is 0 Å². The molecule has 2 nitrogen and oxygen atoms in total. The third-order valence-electron chi connectivity index (χ3n) is 5.27. The Morgan fingerprint density at radius 2 is 2.05 bits per heavy atom.